The average Bonchev–Trinajstić information content (AvgIpc) is 2.94. The van der Waals surface area contributed by atoms with Crippen molar-refractivity contribution >= 4 is 29.8 Å². The minimum Gasteiger partial charge on any atom is -0.463 e. The van der Waals surface area contributed by atoms with Crippen molar-refractivity contribution in [1.29, 1.82) is 0 Å². The first-order chi connectivity index (χ1) is 21.3. The maximum atomic E-state index is 12.2. The number of carbonyl (C=O) groups excluding carboxylic acids is 5. The topological polar surface area (TPSA) is 212 Å². The summed E-state index contributed by atoms with van der Waals surface area (Å²) >= 11 is 0. The van der Waals surface area contributed by atoms with Gasteiger partial charge in [0.2, 0.25) is 5.91 Å². The number of rotatable bonds is 12. The van der Waals surface area contributed by atoms with Crippen molar-refractivity contribution in [3.05, 3.63) is 35.9 Å². The minimum atomic E-state index is -1.68. The molecule has 1 aromatic carbocycles. The van der Waals surface area contributed by atoms with Crippen molar-refractivity contribution in [2.75, 3.05) is 13.2 Å². The Kier molecular flexibility index (Phi) is 13.2. The van der Waals surface area contributed by atoms with Crippen LogP contribution in [0.5, 0.6) is 0 Å². The first-order valence-electron chi connectivity index (χ1n) is 14.1. The number of aliphatic hydroxyl groups excluding tert-OH is 2. The molecule has 1 aromatic rings. The number of hydrogen-bond acceptors (Lipinski definition) is 15. The molecule has 2 fully saturated rings. The zero-order valence-corrected chi connectivity index (χ0v) is 25.5. The molecular weight excluding hydrogens is 602 g/mol. The summed E-state index contributed by atoms with van der Waals surface area (Å²) in [5.74, 6) is -3.81. The van der Waals surface area contributed by atoms with Crippen LogP contribution in [0.2, 0.25) is 0 Å². The summed E-state index contributed by atoms with van der Waals surface area (Å²) in [6, 6.07) is 7.74. The number of aliphatic hydroxyl groups is 2. The summed E-state index contributed by atoms with van der Waals surface area (Å²) < 4.78 is 44.9. The predicted molar refractivity (Wildman–Crippen MR) is 147 cm³/mol. The highest BCUT2D eigenvalue weighted by Gasteiger charge is 2.55. The first-order valence-corrected chi connectivity index (χ1v) is 14.1. The second-order valence-electron chi connectivity index (χ2n) is 10.5. The highest BCUT2D eigenvalue weighted by molar-refractivity contribution is 5.73. The normalized spacial score (nSPS) is 31.3. The van der Waals surface area contributed by atoms with Crippen LogP contribution in [0.3, 0.4) is 0 Å². The Morgan fingerprint density at radius 2 is 1.31 bits per heavy atom. The zero-order valence-electron chi connectivity index (χ0n) is 25.5. The summed E-state index contributed by atoms with van der Waals surface area (Å²) in [5, 5.41) is 24.4. The minimum absolute atomic E-state index is 0.133. The van der Waals surface area contributed by atoms with Gasteiger partial charge in [-0.15, -0.1) is 0 Å². The van der Waals surface area contributed by atoms with Gasteiger partial charge in [-0.2, -0.15) is 0 Å². The molecule has 2 aliphatic heterocycles. The molecule has 2 saturated heterocycles. The second-order valence-corrected chi connectivity index (χ2v) is 10.5. The third kappa shape index (κ3) is 10.4. The maximum absolute atomic E-state index is 12.2. The van der Waals surface area contributed by atoms with E-state index >= 15 is 0 Å². The molecule has 45 heavy (non-hydrogen) atoms. The fourth-order valence-electron chi connectivity index (χ4n) is 4.95. The Balaban J connectivity index is 1.98. The predicted octanol–water partition coefficient (Wildman–Crippen LogP) is -0.746. The lowest BCUT2D eigenvalue weighted by atomic mass is 9.95. The van der Waals surface area contributed by atoms with Crippen molar-refractivity contribution in [3.63, 3.8) is 0 Å². The number of nitrogens with one attached hydrogen (secondary N) is 1. The van der Waals surface area contributed by atoms with Gasteiger partial charge in [0.15, 0.2) is 30.9 Å². The van der Waals surface area contributed by atoms with Gasteiger partial charge in [0.1, 0.15) is 37.1 Å². The van der Waals surface area contributed by atoms with Crippen molar-refractivity contribution < 1.29 is 72.1 Å². The van der Waals surface area contributed by atoms with Gasteiger partial charge in [-0.05, 0) is 5.56 Å². The van der Waals surface area contributed by atoms with Crippen LogP contribution in [0, 0.1) is 0 Å². The summed E-state index contributed by atoms with van der Waals surface area (Å²) in [6.07, 6.45) is -13.5. The van der Waals surface area contributed by atoms with Crippen molar-refractivity contribution in [1.82, 2.24) is 5.32 Å². The van der Waals surface area contributed by atoms with Crippen LogP contribution in [0.1, 0.15) is 40.2 Å². The van der Waals surface area contributed by atoms with Gasteiger partial charge in [0.25, 0.3) is 0 Å². The molecule has 250 valence electrons. The molecule has 0 bridgehead atoms. The van der Waals surface area contributed by atoms with E-state index in [1.54, 1.807) is 0 Å². The fraction of sp³-hybridized carbons (Fsp3) is 0.621. The molecule has 3 rings (SSSR count). The number of carbonyl (C=O) groups is 5. The summed E-state index contributed by atoms with van der Waals surface area (Å²) in [5.41, 5.74) is 0.822. The zero-order chi connectivity index (χ0) is 33.3. The van der Waals surface area contributed by atoms with Crippen LogP contribution in [0.4, 0.5) is 0 Å². The molecule has 3 N–H and O–H groups in total. The van der Waals surface area contributed by atoms with Gasteiger partial charge in [-0.25, -0.2) is 0 Å². The molecular formula is C29H39NO15. The molecule has 16 heteroatoms. The summed E-state index contributed by atoms with van der Waals surface area (Å²) in [7, 11) is 0. The van der Waals surface area contributed by atoms with Gasteiger partial charge in [-0.3, -0.25) is 24.0 Å². The largest absolute Gasteiger partial charge is 0.463 e. The average molecular weight is 642 g/mol. The standard InChI is InChI=1S/C29H39NO15/c1-14(31)30-22-23(36)24(20(43-28(22)37)12-38-11-19-9-7-6-8-10-19)45-29-27(42-18(5)35)26(41-17(4)34)25(40-16(3)33)21(44-29)13-39-15(2)32/h6-10,20-29,36-37H,11-13H2,1-5H3,(H,30,31). The van der Waals surface area contributed by atoms with Crippen LogP contribution < -0.4 is 5.32 Å². The van der Waals surface area contributed by atoms with Crippen molar-refractivity contribution in [2.24, 2.45) is 0 Å². The SMILES string of the molecule is CC(=O)NC1C(O)OC(COCc2ccccc2)C(OC2OC(COC(C)=O)C(OC(C)=O)C(OC(C)=O)C2OC(C)=O)C1O. The molecule has 10 atom stereocenters. The Hall–Kier alpha value is -3.67. The molecule has 2 aliphatic rings. The number of benzene rings is 1. The van der Waals surface area contributed by atoms with Gasteiger partial charge < -0.3 is 53.4 Å². The Bertz CT molecular complexity index is 1180. The van der Waals surface area contributed by atoms with E-state index in [1.165, 1.54) is 6.92 Å². The van der Waals surface area contributed by atoms with Crippen LogP contribution in [-0.4, -0.2) is 115 Å². The van der Waals surface area contributed by atoms with Crippen molar-refractivity contribution in [2.45, 2.75) is 103 Å². The van der Waals surface area contributed by atoms with E-state index in [4.69, 9.17) is 37.9 Å². The molecule has 0 aliphatic carbocycles. The molecule has 1 amide bonds. The van der Waals surface area contributed by atoms with E-state index in [1.807, 2.05) is 30.3 Å². The van der Waals surface area contributed by atoms with Crippen LogP contribution in [0.25, 0.3) is 0 Å². The summed E-state index contributed by atoms with van der Waals surface area (Å²) in [6.45, 7) is 4.92. The lowest BCUT2D eigenvalue weighted by Crippen LogP contribution is -2.68. The monoisotopic (exact) mass is 641 g/mol. The molecule has 0 radical (unpaired) electrons. The molecule has 0 spiro atoms. The Morgan fingerprint density at radius 3 is 1.89 bits per heavy atom. The van der Waals surface area contributed by atoms with E-state index in [9.17, 15) is 34.2 Å². The quantitative estimate of drug-likeness (QED) is 0.189. The van der Waals surface area contributed by atoms with E-state index in [0.29, 0.717) is 0 Å². The van der Waals surface area contributed by atoms with E-state index in [-0.39, 0.29) is 13.2 Å². The first kappa shape index (κ1) is 35.8. The number of ether oxygens (including phenoxy) is 8. The molecule has 0 saturated carbocycles. The molecule has 2 heterocycles. The van der Waals surface area contributed by atoms with E-state index in [0.717, 1.165) is 33.3 Å². The number of hydrogen-bond donors (Lipinski definition) is 3. The number of esters is 4. The van der Waals surface area contributed by atoms with E-state index < -0.39 is 97.7 Å². The van der Waals surface area contributed by atoms with Crippen molar-refractivity contribution in [3.8, 4) is 0 Å². The second kappa shape index (κ2) is 16.6. The molecule has 16 nitrogen and oxygen atoms in total. The van der Waals surface area contributed by atoms with E-state index in [2.05, 4.69) is 5.32 Å². The highest BCUT2D eigenvalue weighted by Crippen LogP contribution is 2.33. The van der Waals surface area contributed by atoms with Crippen LogP contribution in [0.15, 0.2) is 30.3 Å². The molecule has 0 aromatic heterocycles. The maximum Gasteiger partial charge on any atom is 0.303 e. The molecule has 10 unspecified atom stereocenters. The third-order valence-corrected chi connectivity index (χ3v) is 6.70. The lowest BCUT2D eigenvalue weighted by Gasteiger charge is -2.48. The smallest absolute Gasteiger partial charge is 0.303 e. The van der Waals surface area contributed by atoms with Gasteiger partial charge >= 0.3 is 23.9 Å². The van der Waals surface area contributed by atoms with Crippen LogP contribution in [-0.2, 0) is 68.5 Å². The summed E-state index contributed by atoms with van der Waals surface area (Å²) in [4.78, 5) is 59.9. The number of amides is 1. The van der Waals surface area contributed by atoms with Gasteiger partial charge in [0, 0.05) is 34.6 Å². The Labute approximate surface area is 259 Å². The van der Waals surface area contributed by atoms with Gasteiger partial charge in [0.05, 0.1) is 13.2 Å². The fourth-order valence-corrected chi connectivity index (χ4v) is 4.95. The Morgan fingerprint density at radius 1 is 0.733 bits per heavy atom. The third-order valence-electron chi connectivity index (χ3n) is 6.70. The van der Waals surface area contributed by atoms with Gasteiger partial charge in [-0.1, -0.05) is 30.3 Å². The lowest BCUT2D eigenvalue weighted by molar-refractivity contribution is -0.347. The highest BCUT2D eigenvalue weighted by atomic mass is 16.7. The van der Waals surface area contributed by atoms with Crippen LogP contribution >= 0.6 is 0 Å².